The van der Waals surface area contributed by atoms with Crippen molar-refractivity contribution in [2.45, 2.75) is 6.92 Å². The molecule has 0 radical (unpaired) electrons. The van der Waals surface area contributed by atoms with Crippen molar-refractivity contribution >= 4 is 23.3 Å². The molecule has 5 heteroatoms. The van der Waals surface area contributed by atoms with Crippen LogP contribution >= 0.6 is 11.6 Å². The number of hydrogen-bond donors (Lipinski definition) is 1. The number of hydrogen-bond acceptors (Lipinski definition) is 3. The van der Waals surface area contributed by atoms with Crippen LogP contribution in [0.5, 0.6) is 0 Å². The monoisotopic (exact) mass is 217 g/mol. The Hall–Kier alpha value is -1.29. The molecule has 76 valence electrons. The Kier molecular flexibility index (Phi) is 3.30. The van der Waals surface area contributed by atoms with Gasteiger partial charge in [-0.1, -0.05) is 11.6 Å². The molecule has 0 aliphatic rings. The molecule has 0 atom stereocenters. The third kappa shape index (κ3) is 1.96. The van der Waals surface area contributed by atoms with Crippen molar-refractivity contribution in [1.29, 1.82) is 0 Å². The van der Waals surface area contributed by atoms with Crippen molar-refractivity contribution in [1.82, 2.24) is 0 Å². The summed E-state index contributed by atoms with van der Waals surface area (Å²) in [6.07, 6.45) is 0. The summed E-state index contributed by atoms with van der Waals surface area (Å²) in [6, 6.07) is 2.60. The molecule has 0 spiro atoms. The largest absolute Gasteiger partial charge is 0.462 e. The van der Waals surface area contributed by atoms with Gasteiger partial charge in [0.05, 0.1) is 17.9 Å². The molecule has 0 aliphatic carbocycles. The number of rotatable bonds is 2. The van der Waals surface area contributed by atoms with E-state index in [4.69, 9.17) is 17.3 Å². The Balaban J connectivity index is 3.11. The van der Waals surface area contributed by atoms with Gasteiger partial charge in [-0.05, 0) is 19.1 Å². The van der Waals surface area contributed by atoms with Gasteiger partial charge in [0.2, 0.25) is 0 Å². The minimum atomic E-state index is -0.842. The molecular weight excluding hydrogens is 209 g/mol. The molecule has 0 saturated carbocycles. The highest BCUT2D eigenvalue weighted by molar-refractivity contribution is 6.33. The van der Waals surface area contributed by atoms with E-state index in [0.29, 0.717) is 0 Å². The molecule has 1 rings (SSSR count). The van der Waals surface area contributed by atoms with Crippen molar-refractivity contribution in [3.8, 4) is 0 Å². The highest BCUT2D eigenvalue weighted by Gasteiger charge is 2.16. The summed E-state index contributed by atoms with van der Waals surface area (Å²) in [6.45, 7) is 1.81. The van der Waals surface area contributed by atoms with Crippen molar-refractivity contribution in [2.24, 2.45) is 0 Å². The third-order valence-electron chi connectivity index (χ3n) is 1.61. The molecule has 0 heterocycles. The molecule has 0 fully saturated rings. The number of ether oxygens (including phenoxy) is 1. The van der Waals surface area contributed by atoms with Gasteiger partial charge < -0.3 is 10.5 Å². The highest BCUT2D eigenvalue weighted by Crippen LogP contribution is 2.25. The lowest BCUT2D eigenvalue weighted by Crippen LogP contribution is -2.08. The zero-order valence-electron chi connectivity index (χ0n) is 7.51. The van der Waals surface area contributed by atoms with Crippen LogP contribution in [0, 0.1) is 5.82 Å². The van der Waals surface area contributed by atoms with E-state index >= 15 is 0 Å². The maximum absolute atomic E-state index is 13.3. The number of carbonyl (C=O) groups is 1. The molecule has 0 amide bonds. The van der Waals surface area contributed by atoms with Crippen LogP contribution in [-0.2, 0) is 4.74 Å². The van der Waals surface area contributed by atoms with Crippen LogP contribution in [0.1, 0.15) is 17.3 Å². The van der Waals surface area contributed by atoms with Crippen LogP contribution in [-0.4, -0.2) is 12.6 Å². The summed E-state index contributed by atoms with van der Waals surface area (Å²) >= 11 is 5.52. The van der Waals surface area contributed by atoms with Crippen LogP contribution in [0.3, 0.4) is 0 Å². The van der Waals surface area contributed by atoms with Gasteiger partial charge in [0.25, 0.3) is 0 Å². The summed E-state index contributed by atoms with van der Waals surface area (Å²) in [7, 11) is 0. The van der Waals surface area contributed by atoms with Crippen LogP contribution < -0.4 is 5.73 Å². The lowest BCUT2D eigenvalue weighted by Gasteiger charge is -2.05. The third-order valence-corrected chi connectivity index (χ3v) is 1.99. The predicted octanol–water partition coefficient (Wildman–Crippen LogP) is 2.24. The Labute approximate surface area is 85.6 Å². The molecular formula is C9H9ClFNO2. The van der Waals surface area contributed by atoms with Crippen LogP contribution in [0.15, 0.2) is 12.1 Å². The number of carbonyl (C=O) groups excluding carboxylic acids is 1. The molecule has 3 nitrogen and oxygen atoms in total. The van der Waals surface area contributed by atoms with Crippen LogP contribution in [0.25, 0.3) is 0 Å². The van der Waals surface area contributed by atoms with Gasteiger partial charge in [0, 0.05) is 0 Å². The molecule has 14 heavy (non-hydrogen) atoms. The number of halogens is 2. The van der Waals surface area contributed by atoms with E-state index in [1.807, 2.05) is 0 Å². The predicted molar refractivity (Wildman–Crippen MR) is 51.8 cm³/mol. The fourth-order valence-electron chi connectivity index (χ4n) is 0.931. The van der Waals surface area contributed by atoms with Crippen LogP contribution in [0.2, 0.25) is 5.02 Å². The van der Waals surface area contributed by atoms with E-state index in [-0.39, 0.29) is 22.9 Å². The van der Waals surface area contributed by atoms with Gasteiger partial charge in [0.1, 0.15) is 5.02 Å². The first-order chi connectivity index (χ1) is 6.57. The quantitative estimate of drug-likeness (QED) is 0.611. The summed E-state index contributed by atoms with van der Waals surface area (Å²) in [5, 5.41) is -0.254. The molecule has 0 bridgehead atoms. The number of benzene rings is 1. The summed E-state index contributed by atoms with van der Waals surface area (Å²) in [5.74, 6) is -1.59. The first-order valence-electron chi connectivity index (χ1n) is 3.98. The lowest BCUT2D eigenvalue weighted by molar-refractivity contribution is 0.0521. The van der Waals surface area contributed by atoms with Crippen molar-refractivity contribution in [2.75, 3.05) is 12.3 Å². The number of esters is 1. The molecule has 0 saturated heterocycles. The van der Waals surface area contributed by atoms with Gasteiger partial charge in [-0.3, -0.25) is 0 Å². The molecule has 1 aromatic carbocycles. The summed E-state index contributed by atoms with van der Waals surface area (Å²) < 4.78 is 17.9. The second kappa shape index (κ2) is 4.28. The van der Waals surface area contributed by atoms with Gasteiger partial charge >= 0.3 is 5.97 Å². The van der Waals surface area contributed by atoms with Crippen molar-refractivity contribution < 1.29 is 13.9 Å². The number of anilines is 1. The first-order valence-corrected chi connectivity index (χ1v) is 4.36. The van der Waals surface area contributed by atoms with Gasteiger partial charge in [0.15, 0.2) is 5.82 Å². The normalized spacial score (nSPS) is 9.93. The Bertz CT molecular complexity index is 368. The van der Waals surface area contributed by atoms with E-state index < -0.39 is 11.8 Å². The van der Waals surface area contributed by atoms with E-state index in [9.17, 15) is 9.18 Å². The SMILES string of the molecule is CCOC(=O)c1ccc(N)c(Cl)c1F. The lowest BCUT2D eigenvalue weighted by atomic mass is 10.2. The zero-order chi connectivity index (χ0) is 10.7. The first kappa shape index (κ1) is 10.8. The molecule has 0 aromatic heterocycles. The fourth-order valence-corrected chi connectivity index (χ4v) is 1.10. The van der Waals surface area contributed by atoms with E-state index in [1.54, 1.807) is 6.92 Å². The Morgan fingerprint density at radius 1 is 1.64 bits per heavy atom. The standard InChI is InChI=1S/C9H9ClFNO2/c1-2-14-9(13)5-3-4-6(12)7(10)8(5)11/h3-4H,2,12H2,1H3. The maximum Gasteiger partial charge on any atom is 0.341 e. The molecule has 0 aliphatic heterocycles. The molecule has 0 unspecified atom stereocenters. The zero-order valence-corrected chi connectivity index (χ0v) is 8.27. The highest BCUT2D eigenvalue weighted by atomic mass is 35.5. The molecule has 2 N–H and O–H groups in total. The fraction of sp³-hybridized carbons (Fsp3) is 0.222. The minimum Gasteiger partial charge on any atom is -0.462 e. The van der Waals surface area contributed by atoms with Crippen molar-refractivity contribution in [3.63, 3.8) is 0 Å². The topological polar surface area (TPSA) is 52.3 Å². The van der Waals surface area contributed by atoms with Crippen molar-refractivity contribution in [3.05, 3.63) is 28.5 Å². The average Bonchev–Trinajstić information content (AvgIpc) is 2.15. The van der Waals surface area contributed by atoms with Gasteiger partial charge in [-0.15, -0.1) is 0 Å². The van der Waals surface area contributed by atoms with E-state index in [0.717, 1.165) is 0 Å². The smallest absolute Gasteiger partial charge is 0.341 e. The summed E-state index contributed by atoms with van der Waals surface area (Å²) in [4.78, 5) is 11.2. The summed E-state index contributed by atoms with van der Waals surface area (Å²) in [5.41, 5.74) is 5.23. The average molecular weight is 218 g/mol. The Morgan fingerprint density at radius 3 is 2.86 bits per heavy atom. The second-order valence-electron chi connectivity index (χ2n) is 2.55. The van der Waals surface area contributed by atoms with Gasteiger partial charge in [-0.2, -0.15) is 0 Å². The van der Waals surface area contributed by atoms with E-state index in [1.165, 1.54) is 12.1 Å². The second-order valence-corrected chi connectivity index (χ2v) is 2.93. The van der Waals surface area contributed by atoms with Crippen LogP contribution in [0.4, 0.5) is 10.1 Å². The van der Waals surface area contributed by atoms with E-state index in [2.05, 4.69) is 4.74 Å². The Morgan fingerprint density at radius 2 is 2.29 bits per heavy atom. The molecule has 1 aromatic rings. The van der Waals surface area contributed by atoms with Gasteiger partial charge in [-0.25, -0.2) is 9.18 Å². The maximum atomic E-state index is 13.3. The number of nitrogens with two attached hydrogens (primary N) is 1. The number of nitrogen functional groups attached to an aromatic ring is 1. The minimum absolute atomic E-state index is 0.0946.